The maximum Gasteiger partial charge on any atom is 0.234 e. The Labute approximate surface area is 149 Å². The number of hydrogen-bond donors (Lipinski definition) is 1. The molecule has 3 rings (SSSR count). The average molecular weight is 348 g/mol. The van der Waals surface area contributed by atoms with Crippen molar-refractivity contribution in [3.8, 4) is 5.75 Å². The van der Waals surface area contributed by atoms with E-state index in [-0.39, 0.29) is 11.3 Å². The van der Waals surface area contributed by atoms with Gasteiger partial charge in [0.1, 0.15) is 5.75 Å². The second-order valence-electron chi connectivity index (χ2n) is 6.76. The number of carbonyl (C=O) groups excluding carboxylic acids is 1. The van der Waals surface area contributed by atoms with Crippen LogP contribution in [0.15, 0.2) is 24.3 Å². The van der Waals surface area contributed by atoms with Gasteiger partial charge in [0, 0.05) is 43.8 Å². The zero-order valence-corrected chi connectivity index (χ0v) is 15.0. The van der Waals surface area contributed by atoms with Gasteiger partial charge in [-0.25, -0.2) is 0 Å². The van der Waals surface area contributed by atoms with E-state index in [1.807, 2.05) is 18.2 Å². The summed E-state index contributed by atoms with van der Waals surface area (Å²) in [6, 6.07) is 8.11. The average Bonchev–Trinajstić information content (AvgIpc) is 2.68. The predicted molar refractivity (Wildman–Crippen MR) is 95.0 cm³/mol. The highest BCUT2D eigenvalue weighted by molar-refractivity contribution is 5.78. The number of nitrogens with zero attached hydrogens (tertiary/aromatic N) is 1. The van der Waals surface area contributed by atoms with Crippen LogP contribution in [0.5, 0.6) is 5.75 Å². The fourth-order valence-corrected chi connectivity index (χ4v) is 3.67. The summed E-state index contributed by atoms with van der Waals surface area (Å²) in [5.74, 6) is 0.953. The smallest absolute Gasteiger partial charge is 0.234 e. The van der Waals surface area contributed by atoms with Crippen molar-refractivity contribution >= 4 is 5.91 Å². The summed E-state index contributed by atoms with van der Waals surface area (Å²) in [5.41, 5.74) is 1.03. The Hall–Kier alpha value is -1.63. The van der Waals surface area contributed by atoms with E-state index in [4.69, 9.17) is 14.2 Å². The van der Waals surface area contributed by atoms with Gasteiger partial charge in [-0.2, -0.15) is 0 Å². The molecule has 6 nitrogen and oxygen atoms in total. The zero-order valence-electron chi connectivity index (χ0n) is 15.0. The predicted octanol–water partition coefficient (Wildman–Crippen LogP) is 1.19. The van der Waals surface area contributed by atoms with Gasteiger partial charge in [0.05, 0.1) is 26.9 Å². The van der Waals surface area contributed by atoms with Crippen molar-refractivity contribution < 1.29 is 19.0 Å². The third-order valence-electron chi connectivity index (χ3n) is 5.22. The Bertz CT molecular complexity index is 566. The minimum atomic E-state index is -0.133. The first-order chi connectivity index (χ1) is 12.2. The number of ether oxygens (including phenoxy) is 3. The summed E-state index contributed by atoms with van der Waals surface area (Å²) in [7, 11) is 1.70. The van der Waals surface area contributed by atoms with E-state index in [0.717, 1.165) is 37.2 Å². The van der Waals surface area contributed by atoms with Crippen LogP contribution in [0.2, 0.25) is 0 Å². The van der Waals surface area contributed by atoms with E-state index in [2.05, 4.69) is 16.3 Å². The number of amides is 1. The van der Waals surface area contributed by atoms with Gasteiger partial charge in [-0.1, -0.05) is 18.2 Å². The number of rotatable bonds is 6. The molecule has 0 aromatic heterocycles. The lowest BCUT2D eigenvalue weighted by atomic mass is 9.73. The highest BCUT2D eigenvalue weighted by atomic mass is 16.5. The number of hydrogen-bond acceptors (Lipinski definition) is 5. The fraction of sp³-hybridized carbons (Fsp3) is 0.632. The molecule has 0 radical (unpaired) electrons. The van der Waals surface area contributed by atoms with Crippen molar-refractivity contribution in [2.75, 3.05) is 59.7 Å². The van der Waals surface area contributed by atoms with Crippen LogP contribution >= 0.6 is 0 Å². The van der Waals surface area contributed by atoms with Crippen LogP contribution in [0.4, 0.5) is 0 Å². The fourth-order valence-electron chi connectivity index (χ4n) is 3.67. The van der Waals surface area contributed by atoms with E-state index in [0.29, 0.717) is 39.5 Å². The molecule has 138 valence electrons. The second-order valence-corrected chi connectivity index (χ2v) is 6.76. The molecule has 2 saturated heterocycles. The zero-order chi connectivity index (χ0) is 17.5. The van der Waals surface area contributed by atoms with Gasteiger partial charge >= 0.3 is 0 Å². The Kier molecular flexibility index (Phi) is 6.29. The minimum absolute atomic E-state index is 0.0719. The number of benzene rings is 1. The summed E-state index contributed by atoms with van der Waals surface area (Å²) in [5, 5.41) is 3.16. The van der Waals surface area contributed by atoms with Gasteiger partial charge in [-0.3, -0.25) is 9.69 Å². The first-order valence-corrected chi connectivity index (χ1v) is 9.01. The Balaban J connectivity index is 1.67. The van der Waals surface area contributed by atoms with Crippen molar-refractivity contribution in [2.45, 2.75) is 18.3 Å². The van der Waals surface area contributed by atoms with Gasteiger partial charge in [-0.05, 0) is 18.9 Å². The van der Waals surface area contributed by atoms with Gasteiger partial charge in [0.2, 0.25) is 5.91 Å². The first-order valence-electron chi connectivity index (χ1n) is 9.01. The number of nitrogens with one attached hydrogen (secondary N) is 1. The lowest BCUT2D eigenvalue weighted by Gasteiger charge is -2.38. The van der Waals surface area contributed by atoms with E-state index >= 15 is 0 Å². The molecule has 0 unspecified atom stereocenters. The van der Waals surface area contributed by atoms with Crippen molar-refractivity contribution in [1.82, 2.24) is 10.2 Å². The molecular weight excluding hydrogens is 320 g/mol. The lowest BCUT2D eigenvalue weighted by molar-refractivity contribution is -0.123. The maximum absolute atomic E-state index is 12.4. The first kappa shape index (κ1) is 18.2. The van der Waals surface area contributed by atoms with Crippen LogP contribution in [0.3, 0.4) is 0 Å². The number of para-hydroxylation sites is 1. The van der Waals surface area contributed by atoms with E-state index in [1.54, 1.807) is 7.11 Å². The van der Waals surface area contributed by atoms with Gasteiger partial charge in [0.15, 0.2) is 0 Å². The molecule has 0 spiro atoms. The third-order valence-corrected chi connectivity index (χ3v) is 5.22. The summed E-state index contributed by atoms with van der Waals surface area (Å²) in [4.78, 5) is 14.6. The second kappa shape index (κ2) is 8.65. The lowest BCUT2D eigenvalue weighted by Crippen LogP contribution is -2.48. The largest absolute Gasteiger partial charge is 0.496 e. The monoisotopic (exact) mass is 348 g/mol. The SMILES string of the molecule is COc1ccccc1C1(CNC(=O)CN2CCOCC2)CCOCC1. The molecule has 2 aliphatic rings. The minimum Gasteiger partial charge on any atom is -0.496 e. The molecule has 0 aliphatic carbocycles. The van der Waals surface area contributed by atoms with Crippen molar-refractivity contribution in [1.29, 1.82) is 0 Å². The molecule has 0 saturated carbocycles. The van der Waals surface area contributed by atoms with Crippen LogP contribution < -0.4 is 10.1 Å². The van der Waals surface area contributed by atoms with Crippen molar-refractivity contribution in [3.05, 3.63) is 29.8 Å². The Morgan fingerprint density at radius 3 is 2.56 bits per heavy atom. The Morgan fingerprint density at radius 1 is 1.16 bits per heavy atom. The standard InChI is InChI=1S/C19H28N2O4/c1-23-17-5-3-2-4-16(17)19(6-10-24-11-7-19)15-20-18(22)14-21-8-12-25-13-9-21/h2-5H,6-15H2,1H3,(H,20,22). The highest BCUT2D eigenvalue weighted by Crippen LogP contribution is 2.39. The molecule has 1 N–H and O–H groups in total. The molecule has 0 atom stereocenters. The molecule has 6 heteroatoms. The van der Waals surface area contributed by atoms with Crippen LogP contribution in [0, 0.1) is 0 Å². The maximum atomic E-state index is 12.4. The molecule has 0 bridgehead atoms. The Morgan fingerprint density at radius 2 is 1.84 bits per heavy atom. The molecule has 1 aromatic carbocycles. The van der Waals surface area contributed by atoms with E-state index in [9.17, 15) is 4.79 Å². The molecular formula is C19H28N2O4. The van der Waals surface area contributed by atoms with E-state index in [1.165, 1.54) is 0 Å². The van der Waals surface area contributed by atoms with Gasteiger partial charge < -0.3 is 19.5 Å². The number of morpholine rings is 1. The van der Waals surface area contributed by atoms with Gasteiger partial charge in [-0.15, -0.1) is 0 Å². The normalized spacial score (nSPS) is 20.8. The van der Waals surface area contributed by atoms with Crippen LogP contribution in [-0.2, 0) is 19.7 Å². The summed E-state index contributed by atoms with van der Waals surface area (Å²) >= 11 is 0. The van der Waals surface area contributed by atoms with Crippen LogP contribution in [0.25, 0.3) is 0 Å². The summed E-state index contributed by atoms with van der Waals surface area (Å²) in [6.45, 7) is 5.50. The molecule has 25 heavy (non-hydrogen) atoms. The summed E-state index contributed by atoms with van der Waals surface area (Å²) in [6.07, 6.45) is 1.76. The van der Waals surface area contributed by atoms with E-state index < -0.39 is 0 Å². The third kappa shape index (κ3) is 4.51. The molecule has 1 aromatic rings. The van der Waals surface area contributed by atoms with Gasteiger partial charge in [0.25, 0.3) is 0 Å². The molecule has 2 heterocycles. The molecule has 2 fully saturated rings. The quantitative estimate of drug-likeness (QED) is 0.837. The molecule has 2 aliphatic heterocycles. The highest BCUT2D eigenvalue weighted by Gasteiger charge is 2.37. The number of carbonyl (C=O) groups is 1. The molecule has 1 amide bonds. The number of methoxy groups -OCH3 is 1. The van der Waals surface area contributed by atoms with Crippen molar-refractivity contribution in [3.63, 3.8) is 0 Å². The van der Waals surface area contributed by atoms with Crippen LogP contribution in [-0.4, -0.2) is 70.5 Å². The van der Waals surface area contributed by atoms with Crippen molar-refractivity contribution in [2.24, 2.45) is 0 Å². The topological polar surface area (TPSA) is 60.0 Å². The van der Waals surface area contributed by atoms with Crippen LogP contribution in [0.1, 0.15) is 18.4 Å². The summed E-state index contributed by atoms with van der Waals surface area (Å²) < 4.78 is 16.5.